The summed E-state index contributed by atoms with van der Waals surface area (Å²) in [5.74, 6) is -0.804. The SMILES string of the molecule is CC(C)(C)N1C(=O)c2ccc(C(F)(F)F)cc2S1(=O)=O. The van der Waals surface area contributed by atoms with Gasteiger partial charge in [0.2, 0.25) is 0 Å². The Hall–Kier alpha value is -1.57. The molecule has 1 aromatic rings. The average Bonchev–Trinajstić information content (AvgIpc) is 2.44. The van der Waals surface area contributed by atoms with Gasteiger partial charge in [0.25, 0.3) is 15.9 Å². The number of hydrogen-bond donors (Lipinski definition) is 0. The van der Waals surface area contributed by atoms with Crippen LogP contribution in [-0.2, 0) is 16.2 Å². The van der Waals surface area contributed by atoms with Gasteiger partial charge in [-0.3, -0.25) is 4.79 Å². The Balaban J connectivity index is 2.70. The van der Waals surface area contributed by atoms with E-state index in [-0.39, 0.29) is 5.56 Å². The zero-order chi connectivity index (χ0) is 15.5. The number of amides is 1. The number of fused-ring (bicyclic) bond motifs is 1. The largest absolute Gasteiger partial charge is 0.416 e. The van der Waals surface area contributed by atoms with Crippen molar-refractivity contribution in [3.8, 4) is 0 Å². The van der Waals surface area contributed by atoms with E-state index in [0.29, 0.717) is 16.4 Å². The Labute approximate surface area is 114 Å². The monoisotopic (exact) mass is 307 g/mol. The maximum absolute atomic E-state index is 12.6. The first-order valence-electron chi connectivity index (χ1n) is 5.68. The fraction of sp³-hybridized carbons (Fsp3) is 0.417. The van der Waals surface area contributed by atoms with Crippen LogP contribution in [-0.4, -0.2) is 24.2 Å². The van der Waals surface area contributed by atoms with Gasteiger partial charge in [-0.15, -0.1) is 0 Å². The molecular weight excluding hydrogens is 295 g/mol. The summed E-state index contributed by atoms with van der Waals surface area (Å²) >= 11 is 0. The van der Waals surface area contributed by atoms with Crippen LogP contribution in [0.4, 0.5) is 13.2 Å². The van der Waals surface area contributed by atoms with Crippen LogP contribution in [0.25, 0.3) is 0 Å². The van der Waals surface area contributed by atoms with Crippen LogP contribution < -0.4 is 0 Å². The summed E-state index contributed by atoms with van der Waals surface area (Å²) in [6.07, 6.45) is -4.66. The number of benzene rings is 1. The first kappa shape index (κ1) is 14.8. The van der Waals surface area contributed by atoms with Gasteiger partial charge < -0.3 is 0 Å². The van der Waals surface area contributed by atoms with E-state index in [1.807, 2.05) is 0 Å². The summed E-state index contributed by atoms with van der Waals surface area (Å²) < 4.78 is 63.1. The molecule has 1 aliphatic rings. The third-order valence-electron chi connectivity index (χ3n) is 2.85. The lowest BCUT2D eigenvalue weighted by Gasteiger charge is -2.29. The number of carbonyl (C=O) groups is 1. The fourth-order valence-electron chi connectivity index (χ4n) is 2.07. The maximum atomic E-state index is 12.6. The molecule has 0 N–H and O–H groups in total. The molecule has 0 unspecified atom stereocenters. The molecule has 1 aromatic carbocycles. The Morgan fingerprint density at radius 1 is 1.10 bits per heavy atom. The molecule has 0 aliphatic carbocycles. The van der Waals surface area contributed by atoms with Crippen molar-refractivity contribution in [3.05, 3.63) is 29.3 Å². The minimum atomic E-state index is -4.66. The maximum Gasteiger partial charge on any atom is 0.416 e. The lowest BCUT2D eigenvalue weighted by atomic mass is 10.1. The lowest BCUT2D eigenvalue weighted by Crippen LogP contribution is -2.45. The minimum Gasteiger partial charge on any atom is -0.268 e. The summed E-state index contributed by atoms with van der Waals surface area (Å²) in [6.45, 7) is 4.50. The predicted octanol–water partition coefficient (Wildman–Crippen LogP) is 2.65. The highest BCUT2D eigenvalue weighted by atomic mass is 32.2. The summed E-state index contributed by atoms with van der Waals surface area (Å²) in [5.41, 5.74) is -2.37. The molecule has 0 spiro atoms. The first-order chi connectivity index (χ1) is 8.87. The molecule has 110 valence electrons. The van der Waals surface area contributed by atoms with E-state index in [4.69, 9.17) is 0 Å². The number of sulfonamides is 1. The second kappa shape index (κ2) is 3.97. The second-order valence-corrected chi connectivity index (χ2v) is 7.21. The van der Waals surface area contributed by atoms with Crippen molar-refractivity contribution >= 4 is 15.9 Å². The Morgan fingerprint density at radius 2 is 1.65 bits per heavy atom. The molecule has 8 heteroatoms. The van der Waals surface area contributed by atoms with Gasteiger partial charge in [0.05, 0.1) is 16.7 Å². The molecule has 0 saturated carbocycles. The van der Waals surface area contributed by atoms with Gasteiger partial charge in [-0.1, -0.05) is 0 Å². The molecule has 0 radical (unpaired) electrons. The number of rotatable bonds is 0. The molecule has 4 nitrogen and oxygen atoms in total. The molecule has 1 heterocycles. The molecule has 1 amide bonds. The van der Waals surface area contributed by atoms with Crippen LogP contribution >= 0.6 is 0 Å². The molecule has 0 bridgehead atoms. The van der Waals surface area contributed by atoms with E-state index < -0.39 is 38.1 Å². The van der Waals surface area contributed by atoms with Crippen LogP contribution in [0.5, 0.6) is 0 Å². The summed E-state index contributed by atoms with van der Waals surface area (Å²) in [7, 11) is -4.25. The number of nitrogens with zero attached hydrogens (tertiary/aromatic N) is 1. The summed E-state index contributed by atoms with van der Waals surface area (Å²) in [6, 6.07) is 2.12. The Bertz CT molecular complexity index is 687. The van der Waals surface area contributed by atoms with Gasteiger partial charge in [0, 0.05) is 0 Å². The van der Waals surface area contributed by atoms with E-state index in [9.17, 15) is 26.4 Å². The highest BCUT2D eigenvalue weighted by molar-refractivity contribution is 7.90. The highest BCUT2D eigenvalue weighted by Crippen LogP contribution is 2.39. The molecule has 1 aliphatic heterocycles. The quantitative estimate of drug-likeness (QED) is 0.740. The number of halogens is 3. The van der Waals surface area contributed by atoms with Gasteiger partial charge in [-0.25, -0.2) is 12.7 Å². The predicted molar refractivity (Wildman–Crippen MR) is 64.6 cm³/mol. The zero-order valence-corrected chi connectivity index (χ0v) is 11.8. The van der Waals surface area contributed by atoms with Crippen LogP contribution in [0.3, 0.4) is 0 Å². The van der Waals surface area contributed by atoms with Crippen molar-refractivity contribution in [3.63, 3.8) is 0 Å². The highest BCUT2D eigenvalue weighted by Gasteiger charge is 2.47. The number of hydrogen-bond acceptors (Lipinski definition) is 3. The van der Waals surface area contributed by atoms with Crippen LogP contribution in [0.1, 0.15) is 36.7 Å². The topological polar surface area (TPSA) is 54.5 Å². The standard InChI is InChI=1S/C12H12F3NO3S/c1-11(2,3)16-10(17)8-5-4-7(12(13,14)15)6-9(8)20(16,18)19/h4-6H,1-3H3. The zero-order valence-electron chi connectivity index (χ0n) is 10.9. The average molecular weight is 307 g/mol. The van der Waals surface area contributed by atoms with Crippen molar-refractivity contribution in [2.45, 2.75) is 37.4 Å². The molecular formula is C12H12F3NO3S. The third kappa shape index (κ3) is 2.07. The van der Waals surface area contributed by atoms with Crippen LogP contribution in [0, 0.1) is 0 Å². The normalized spacial score (nSPS) is 18.3. The van der Waals surface area contributed by atoms with Crippen molar-refractivity contribution in [1.82, 2.24) is 4.31 Å². The van der Waals surface area contributed by atoms with Crippen LogP contribution in [0.15, 0.2) is 23.1 Å². The molecule has 2 rings (SSSR count). The van der Waals surface area contributed by atoms with Gasteiger partial charge >= 0.3 is 6.18 Å². The van der Waals surface area contributed by atoms with Crippen molar-refractivity contribution in [2.24, 2.45) is 0 Å². The Kier molecular flexibility index (Phi) is 2.94. The van der Waals surface area contributed by atoms with E-state index in [2.05, 4.69) is 0 Å². The summed E-state index contributed by atoms with van der Waals surface area (Å²) in [4.78, 5) is 11.5. The van der Waals surface area contributed by atoms with E-state index >= 15 is 0 Å². The molecule has 20 heavy (non-hydrogen) atoms. The lowest BCUT2D eigenvalue weighted by molar-refractivity contribution is -0.137. The number of carbonyl (C=O) groups excluding carboxylic acids is 1. The van der Waals surface area contributed by atoms with E-state index in [1.165, 1.54) is 20.8 Å². The van der Waals surface area contributed by atoms with E-state index in [1.54, 1.807) is 0 Å². The molecule has 0 fully saturated rings. The minimum absolute atomic E-state index is 0.229. The van der Waals surface area contributed by atoms with Gasteiger partial charge in [0.1, 0.15) is 4.90 Å². The summed E-state index contributed by atoms with van der Waals surface area (Å²) in [5, 5.41) is 0. The Morgan fingerprint density at radius 3 is 2.10 bits per heavy atom. The van der Waals surface area contributed by atoms with E-state index in [0.717, 1.165) is 6.07 Å². The van der Waals surface area contributed by atoms with Gasteiger partial charge in [0.15, 0.2) is 0 Å². The van der Waals surface area contributed by atoms with Crippen molar-refractivity contribution in [1.29, 1.82) is 0 Å². The second-order valence-electron chi connectivity index (χ2n) is 5.45. The van der Waals surface area contributed by atoms with Crippen molar-refractivity contribution < 1.29 is 26.4 Å². The van der Waals surface area contributed by atoms with Gasteiger partial charge in [-0.2, -0.15) is 13.2 Å². The van der Waals surface area contributed by atoms with Gasteiger partial charge in [-0.05, 0) is 39.0 Å². The van der Waals surface area contributed by atoms with Crippen molar-refractivity contribution in [2.75, 3.05) is 0 Å². The fourth-order valence-corrected chi connectivity index (χ4v) is 4.01. The molecule has 0 saturated heterocycles. The molecule has 0 atom stereocenters. The smallest absolute Gasteiger partial charge is 0.268 e. The van der Waals surface area contributed by atoms with Crippen LogP contribution in [0.2, 0.25) is 0 Å². The molecule has 0 aromatic heterocycles. The third-order valence-corrected chi connectivity index (χ3v) is 4.94. The number of alkyl halides is 3. The first-order valence-corrected chi connectivity index (χ1v) is 7.12.